The van der Waals surface area contributed by atoms with E-state index in [0.717, 1.165) is 63.7 Å². The lowest BCUT2D eigenvalue weighted by Gasteiger charge is -2.38. The van der Waals surface area contributed by atoms with E-state index in [4.69, 9.17) is 22.2 Å². The number of hydrogen-bond acceptors (Lipinski definition) is 6. The molecule has 228 valence electrons. The molecule has 9 heteroatoms. The molecule has 3 fully saturated rings. The quantitative estimate of drug-likeness (QED) is 0.303. The zero-order valence-electron chi connectivity index (χ0n) is 25.3. The van der Waals surface area contributed by atoms with Gasteiger partial charge in [0.2, 0.25) is 5.95 Å². The molecule has 0 bridgehead atoms. The molecule has 7 nitrogen and oxygen atoms in total. The maximum atomic E-state index is 13.7. The molecule has 2 aliphatic heterocycles. The fraction of sp³-hybridized carbons (Fsp3) is 0.500. The van der Waals surface area contributed by atoms with Crippen LogP contribution in [0.3, 0.4) is 0 Å². The zero-order chi connectivity index (χ0) is 29.6. The van der Waals surface area contributed by atoms with E-state index in [2.05, 4.69) is 68.7 Å². The van der Waals surface area contributed by atoms with Gasteiger partial charge in [0.25, 0.3) is 0 Å². The lowest BCUT2D eigenvalue weighted by molar-refractivity contribution is 0.292. The lowest BCUT2D eigenvalue weighted by Crippen LogP contribution is -2.47. The number of halogens is 1. The largest absolute Gasteiger partial charge is 0.368 e. The number of anilines is 4. The van der Waals surface area contributed by atoms with E-state index < -0.39 is 0 Å². The van der Waals surface area contributed by atoms with Gasteiger partial charge in [0, 0.05) is 63.0 Å². The predicted octanol–water partition coefficient (Wildman–Crippen LogP) is 6.37. The van der Waals surface area contributed by atoms with Crippen LogP contribution in [-0.2, 0) is 5.41 Å². The molecule has 0 amide bonds. The number of hydrogen-bond donors (Lipinski definition) is 2. The Kier molecular flexibility index (Phi) is 9.26. The van der Waals surface area contributed by atoms with Crippen LogP contribution in [0.15, 0.2) is 60.7 Å². The van der Waals surface area contributed by atoms with E-state index in [9.17, 15) is 4.39 Å². The number of piperazine rings is 1. The second kappa shape index (κ2) is 13.5. The lowest BCUT2D eigenvalue weighted by atomic mass is 9.69. The summed E-state index contributed by atoms with van der Waals surface area (Å²) < 4.78 is 13.7. The Morgan fingerprint density at radius 3 is 2.23 bits per heavy atom. The van der Waals surface area contributed by atoms with Gasteiger partial charge in [-0.2, -0.15) is 9.97 Å². The summed E-state index contributed by atoms with van der Waals surface area (Å²) in [5, 5.41) is 7.36. The second-order valence-corrected chi connectivity index (χ2v) is 13.0. The van der Waals surface area contributed by atoms with Gasteiger partial charge in [-0.05, 0) is 73.6 Å². The van der Waals surface area contributed by atoms with E-state index in [0.29, 0.717) is 23.5 Å². The highest BCUT2D eigenvalue weighted by atomic mass is 32.1. The highest BCUT2D eigenvalue weighted by Crippen LogP contribution is 2.39. The molecule has 3 aliphatic rings. The maximum absolute atomic E-state index is 13.7. The summed E-state index contributed by atoms with van der Waals surface area (Å²) in [7, 11) is 0. The van der Waals surface area contributed by atoms with Crippen LogP contribution in [0.2, 0.25) is 0 Å². The summed E-state index contributed by atoms with van der Waals surface area (Å²) >= 11 is 5.82. The standard InChI is InChI=1S/C34H44FN7S/c1-26-9-8-18-42(24-26)31-23-30(41-21-19-40(20-22-41)29-10-4-2-5-11-29)37-32(38-31)39-33(43)36-25-34(16-6-3-7-17-34)27-12-14-28(35)15-13-27/h2,4-5,10-15,23,26H,3,6-9,16-22,24-25H2,1H3,(H2,36,37,38,39,43)/t26-/m0/s1. The van der Waals surface area contributed by atoms with Gasteiger partial charge in [0.1, 0.15) is 17.5 Å². The van der Waals surface area contributed by atoms with Crippen molar-refractivity contribution in [3.05, 3.63) is 72.0 Å². The first kappa shape index (κ1) is 29.6. The zero-order valence-corrected chi connectivity index (χ0v) is 26.1. The molecule has 0 radical (unpaired) electrons. The molecule has 6 rings (SSSR count). The predicted molar refractivity (Wildman–Crippen MR) is 179 cm³/mol. The van der Waals surface area contributed by atoms with E-state index in [1.165, 1.54) is 43.4 Å². The average molecular weight is 602 g/mol. The Morgan fingerprint density at radius 2 is 1.53 bits per heavy atom. The number of nitrogens with zero attached hydrogens (tertiary/aromatic N) is 5. The summed E-state index contributed by atoms with van der Waals surface area (Å²) in [5.41, 5.74) is 2.38. The van der Waals surface area contributed by atoms with Gasteiger partial charge in [0.15, 0.2) is 5.11 Å². The molecule has 0 unspecified atom stereocenters. The van der Waals surface area contributed by atoms with E-state index in [-0.39, 0.29) is 11.2 Å². The molecule has 0 spiro atoms. The van der Waals surface area contributed by atoms with Crippen LogP contribution in [0.4, 0.5) is 27.7 Å². The summed E-state index contributed by atoms with van der Waals surface area (Å²) in [5.74, 6) is 2.88. The molecule has 2 N–H and O–H groups in total. The third-order valence-corrected chi connectivity index (χ3v) is 9.73. The van der Waals surface area contributed by atoms with Gasteiger partial charge < -0.3 is 25.3 Å². The topological polar surface area (TPSA) is 59.6 Å². The molecule has 1 aliphatic carbocycles. The normalized spacial score (nSPS) is 20.5. The molecule has 1 atom stereocenters. The Balaban J connectivity index is 1.17. The molecule has 1 saturated carbocycles. The van der Waals surface area contributed by atoms with Gasteiger partial charge in [0.05, 0.1) is 0 Å². The minimum atomic E-state index is -0.197. The first-order valence-electron chi connectivity index (χ1n) is 16.0. The third kappa shape index (κ3) is 7.20. The van der Waals surface area contributed by atoms with Crippen LogP contribution in [0.25, 0.3) is 0 Å². The molecule has 43 heavy (non-hydrogen) atoms. The molecular formula is C34H44FN7S. The number of thiocarbonyl (C=S) groups is 1. The maximum Gasteiger partial charge on any atom is 0.232 e. The van der Waals surface area contributed by atoms with Crippen molar-refractivity contribution in [3.8, 4) is 0 Å². The minimum absolute atomic E-state index is 0.0616. The SMILES string of the molecule is C[C@H]1CCCN(c2cc(N3CCN(c4ccccc4)CC3)nc(NC(=S)NCC3(c4ccc(F)cc4)CCCCC3)n2)C1. The van der Waals surface area contributed by atoms with Crippen LogP contribution in [0.1, 0.15) is 57.4 Å². The van der Waals surface area contributed by atoms with E-state index >= 15 is 0 Å². The Hall–Kier alpha value is -3.46. The monoisotopic (exact) mass is 601 g/mol. The molecular weight excluding hydrogens is 557 g/mol. The Labute approximate surface area is 260 Å². The van der Waals surface area contributed by atoms with E-state index in [1.807, 2.05) is 12.1 Å². The highest BCUT2D eigenvalue weighted by molar-refractivity contribution is 7.80. The smallest absolute Gasteiger partial charge is 0.232 e. The molecule has 2 aromatic carbocycles. The Bertz CT molecular complexity index is 1350. The van der Waals surface area contributed by atoms with Gasteiger partial charge in [-0.3, -0.25) is 0 Å². The van der Waals surface area contributed by atoms with E-state index in [1.54, 1.807) is 12.1 Å². The average Bonchev–Trinajstić information content (AvgIpc) is 3.05. The minimum Gasteiger partial charge on any atom is -0.368 e. The highest BCUT2D eigenvalue weighted by Gasteiger charge is 2.34. The first-order chi connectivity index (χ1) is 21.0. The van der Waals surface area contributed by atoms with Gasteiger partial charge in [-0.1, -0.05) is 56.5 Å². The van der Waals surface area contributed by atoms with Gasteiger partial charge in [-0.25, -0.2) is 4.39 Å². The molecule has 3 aromatic rings. The van der Waals surface area contributed by atoms with Crippen molar-refractivity contribution in [1.29, 1.82) is 0 Å². The number of nitrogens with one attached hydrogen (secondary N) is 2. The number of rotatable bonds is 7. The van der Waals surface area contributed by atoms with Crippen molar-refractivity contribution in [2.75, 3.05) is 65.8 Å². The summed E-state index contributed by atoms with van der Waals surface area (Å²) in [6, 6.07) is 19.8. The molecule has 2 saturated heterocycles. The summed E-state index contributed by atoms with van der Waals surface area (Å²) in [4.78, 5) is 17.1. The van der Waals surface area contributed by atoms with Crippen molar-refractivity contribution in [2.45, 2.75) is 57.3 Å². The van der Waals surface area contributed by atoms with Gasteiger partial charge >= 0.3 is 0 Å². The number of para-hydroxylation sites is 1. The molecule has 1 aromatic heterocycles. The van der Waals surface area contributed by atoms with Crippen molar-refractivity contribution in [2.24, 2.45) is 5.92 Å². The fourth-order valence-electron chi connectivity index (χ4n) is 7.03. The van der Waals surface area contributed by atoms with Crippen LogP contribution in [-0.4, -0.2) is 60.9 Å². The van der Waals surface area contributed by atoms with Crippen LogP contribution in [0.5, 0.6) is 0 Å². The number of piperidine rings is 1. The van der Waals surface area contributed by atoms with Crippen LogP contribution in [0, 0.1) is 11.7 Å². The summed E-state index contributed by atoms with van der Waals surface area (Å²) in [6.45, 7) is 8.69. The third-order valence-electron chi connectivity index (χ3n) is 9.49. The van der Waals surface area contributed by atoms with Crippen molar-refractivity contribution in [1.82, 2.24) is 15.3 Å². The number of benzene rings is 2. The molecule has 3 heterocycles. The number of aromatic nitrogens is 2. The Morgan fingerprint density at radius 1 is 0.860 bits per heavy atom. The fourth-order valence-corrected chi connectivity index (χ4v) is 7.19. The summed E-state index contributed by atoms with van der Waals surface area (Å²) in [6.07, 6.45) is 8.12. The van der Waals surface area contributed by atoms with Crippen LogP contribution >= 0.6 is 12.2 Å². The first-order valence-corrected chi connectivity index (χ1v) is 16.4. The van der Waals surface area contributed by atoms with Crippen LogP contribution < -0.4 is 25.3 Å². The van der Waals surface area contributed by atoms with Gasteiger partial charge in [-0.15, -0.1) is 0 Å². The second-order valence-electron chi connectivity index (χ2n) is 12.6. The van der Waals surface area contributed by atoms with Crippen molar-refractivity contribution < 1.29 is 4.39 Å². The van der Waals surface area contributed by atoms with Crippen molar-refractivity contribution >= 4 is 40.6 Å². The van der Waals surface area contributed by atoms with Crippen molar-refractivity contribution in [3.63, 3.8) is 0 Å².